The van der Waals surface area contributed by atoms with Crippen molar-refractivity contribution in [2.45, 2.75) is 19.5 Å². The fourth-order valence-electron chi connectivity index (χ4n) is 2.26. The Bertz CT molecular complexity index is 576. The van der Waals surface area contributed by atoms with Crippen LogP contribution in [-0.4, -0.2) is 37.4 Å². The van der Waals surface area contributed by atoms with Crippen LogP contribution in [0.1, 0.15) is 12.0 Å². The van der Waals surface area contributed by atoms with Crippen molar-refractivity contribution in [1.29, 1.82) is 0 Å². The van der Waals surface area contributed by atoms with Crippen LogP contribution in [-0.2, 0) is 13.1 Å². The summed E-state index contributed by atoms with van der Waals surface area (Å²) in [5, 5.41) is 3.42. The van der Waals surface area contributed by atoms with E-state index in [0.29, 0.717) is 18.0 Å². The van der Waals surface area contributed by atoms with Gasteiger partial charge in [-0.15, -0.1) is 12.4 Å². The van der Waals surface area contributed by atoms with Gasteiger partial charge in [-0.1, -0.05) is 0 Å². The van der Waals surface area contributed by atoms with Crippen molar-refractivity contribution in [2.24, 2.45) is 0 Å². The summed E-state index contributed by atoms with van der Waals surface area (Å²) >= 11 is 0. The lowest BCUT2D eigenvalue weighted by atomic mass is 10.1. The van der Waals surface area contributed by atoms with Crippen molar-refractivity contribution < 1.29 is 14.2 Å². The van der Waals surface area contributed by atoms with E-state index in [4.69, 9.17) is 14.2 Å². The van der Waals surface area contributed by atoms with Crippen LogP contribution in [0.15, 0.2) is 30.9 Å². The van der Waals surface area contributed by atoms with Crippen molar-refractivity contribution in [3.05, 3.63) is 36.4 Å². The molecular formula is C16H24ClN3O3. The zero-order valence-corrected chi connectivity index (χ0v) is 14.6. The van der Waals surface area contributed by atoms with E-state index in [1.807, 2.05) is 24.7 Å². The smallest absolute Gasteiger partial charge is 0.164 e. The fraction of sp³-hybridized carbons (Fsp3) is 0.438. The van der Waals surface area contributed by atoms with E-state index in [9.17, 15) is 0 Å². The van der Waals surface area contributed by atoms with Gasteiger partial charge in [0.25, 0.3) is 0 Å². The first-order valence-corrected chi connectivity index (χ1v) is 7.23. The number of aromatic nitrogens is 2. The predicted octanol–water partition coefficient (Wildman–Crippen LogP) is 2.51. The normalized spacial score (nSPS) is 10.0. The quantitative estimate of drug-likeness (QED) is 0.710. The first-order valence-electron chi connectivity index (χ1n) is 7.23. The number of halogens is 1. The molecule has 0 aliphatic heterocycles. The van der Waals surface area contributed by atoms with Crippen LogP contribution < -0.4 is 19.5 Å². The summed E-state index contributed by atoms with van der Waals surface area (Å²) in [6, 6.07) is 3.79. The Balaban J connectivity index is 0.00000264. The number of nitrogens with one attached hydrogen (secondary N) is 1. The SMILES string of the molecule is COc1cc(OC)c(OC)cc1CNCCCn1ccnc1.Cl. The topological polar surface area (TPSA) is 57.5 Å². The maximum Gasteiger partial charge on any atom is 0.164 e. The number of aryl methyl sites for hydroxylation is 1. The van der Waals surface area contributed by atoms with E-state index >= 15 is 0 Å². The summed E-state index contributed by atoms with van der Waals surface area (Å²) in [7, 11) is 4.90. The molecule has 0 saturated carbocycles. The van der Waals surface area contributed by atoms with Gasteiger partial charge in [0.1, 0.15) is 5.75 Å². The molecule has 2 rings (SSSR count). The van der Waals surface area contributed by atoms with Gasteiger partial charge in [0.05, 0.1) is 27.7 Å². The van der Waals surface area contributed by atoms with Gasteiger partial charge in [-0.3, -0.25) is 0 Å². The molecule has 0 aliphatic rings. The minimum absolute atomic E-state index is 0. The maximum absolute atomic E-state index is 5.42. The maximum atomic E-state index is 5.42. The Morgan fingerprint density at radius 2 is 1.74 bits per heavy atom. The van der Waals surface area contributed by atoms with E-state index < -0.39 is 0 Å². The largest absolute Gasteiger partial charge is 0.496 e. The van der Waals surface area contributed by atoms with Gasteiger partial charge in [-0.05, 0) is 19.0 Å². The zero-order valence-electron chi connectivity index (χ0n) is 13.7. The van der Waals surface area contributed by atoms with Crippen LogP contribution in [0.3, 0.4) is 0 Å². The van der Waals surface area contributed by atoms with Crippen LogP contribution in [0.25, 0.3) is 0 Å². The van der Waals surface area contributed by atoms with E-state index in [-0.39, 0.29) is 12.4 Å². The minimum Gasteiger partial charge on any atom is -0.496 e. The Morgan fingerprint density at radius 1 is 1.04 bits per heavy atom. The molecule has 0 fully saturated rings. The van der Waals surface area contributed by atoms with Crippen LogP contribution >= 0.6 is 12.4 Å². The molecule has 1 N–H and O–H groups in total. The Hall–Kier alpha value is -1.92. The molecule has 0 spiro atoms. The molecule has 0 aliphatic carbocycles. The van der Waals surface area contributed by atoms with Gasteiger partial charge in [0.2, 0.25) is 0 Å². The van der Waals surface area contributed by atoms with Gasteiger partial charge in [0.15, 0.2) is 11.5 Å². The summed E-state index contributed by atoms with van der Waals surface area (Å²) in [6.07, 6.45) is 6.63. The van der Waals surface area contributed by atoms with Crippen molar-refractivity contribution in [1.82, 2.24) is 14.9 Å². The lowest BCUT2D eigenvalue weighted by Crippen LogP contribution is -2.17. The van der Waals surface area contributed by atoms with E-state index in [1.165, 1.54) is 0 Å². The van der Waals surface area contributed by atoms with Crippen molar-refractivity contribution >= 4 is 12.4 Å². The highest BCUT2D eigenvalue weighted by molar-refractivity contribution is 5.85. The van der Waals surface area contributed by atoms with Crippen LogP contribution in [0, 0.1) is 0 Å². The fourth-order valence-corrected chi connectivity index (χ4v) is 2.26. The molecule has 1 aromatic carbocycles. The molecule has 0 saturated heterocycles. The number of hydrogen-bond acceptors (Lipinski definition) is 5. The molecule has 23 heavy (non-hydrogen) atoms. The lowest BCUT2D eigenvalue weighted by Gasteiger charge is -2.14. The van der Waals surface area contributed by atoms with Crippen molar-refractivity contribution in [2.75, 3.05) is 27.9 Å². The highest BCUT2D eigenvalue weighted by atomic mass is 35.5. The zero-order chi connectivity index (χ0) is 15.8. The third-order valence-electron chi connectivity index (χ3n) is 3.43. The Labute approximate surface area is 143 Å². The third-order valence-corrected chi connectivity index (χ3v) is 3.43. The van der Waals surface area contributed by atoms with Crippen LogP contribution in [0.4, 0.5) is 0 Å². The number of imidazole rings is 1. The monoisotopic (exact) mass is 341 g/mol. The number of ether oxygens (including phenoxy) is 3. The molecular weight excluding hydrogens is 318 g/mol. The van der Waals surface area contributed by atoms with E-state index in [0.717, 1.165) is 30.8 Å². The molecule has 0 bridgehead atoms. The Morgan fingerprint density at radius 3 is 2.35 bits per heavy atom. The minimum atomic E-state index is 0. The standard InChI is InChI=1S/C16H23N3O3.ClH/c1-20-14-10-16(22-3)15(21-2)9-13(14)11-17-5-4-7-19-8-6-18-12-19;/h6,8-10,12,17H,4-5,7,11H2,1-3H3;1H. The van der Waals surface area contributed by atoms with Crippen LogP contribution in [0.2, 0.25) is 0 Å². The molecule has 128 valence electrons. The van der Waals surface area contributed by atoms with Gasteiger partial charge in [-0.25, -0.2) is 4.98 Å². The first-order chi connectivity index (χ1) is 10.8. The first kappa shape index (κ1) is 19.1. The predicted molar refractivity (Wildman–Crippen MR) is 91.9 cm³/mol. The van der Waals surface area contributed by atoms with Gasteiger partial charge in [0, 0.05) is 37.1 Å². The molecule has 6 nitrogen and oxygen atoms in total. The summed E-state index contributed by atoms with van der Waals surface area (Å²) in [5.41, 5.74) is 1.04. The molecule has 0 atom stereocenters. The summed E-state index contributed by atoms with van der Waals surface area (Å²) in [5.74, 6) is 2.17. The van der Waals surface area contributed by atoms with E-state index in [2.05, 4.69) is 14.9 Å². The third kappa shape index (κ3) is 5.33. The van der Waals surface area contributed by atoms with Gasteiger partial charge >= 0.3 is 0 Å². The molecule has 0 radical (unpaired) electrons. The molecule has 1 heterocycles. The number of hydrogen-bond donors (Lipinski definition) is 1. The molecule has 7 heteroatoms. The average molecular weight is 342 g/mol. The second kappa shape index (κ2) is 9.97. The van der Waals surface area contributed by atoms with Crippen molar-refractivity contribution in [3.63, 3.8) is 0 Å². The lowest BCUT2D eigenvalue weighted by molar-refractivity contribution is 0.347. The van der Waals surface area contributed by atoms with Crippen LogP contribution in [0.5, 0.6) is 17.2 Å². The highest BCUT2D eigenvalue weighted by Gasteiger charge is 2.11. The number of methoxy groups -OCH3 is 3. The molecule has 2 aromatic rings. The second-order valence-corrected chi connectivity index (χ2v) is 4.85. The summed E-state index contributed by atoms with van der Waals surface area (Å²) in [6.45, 7) is 2.58. The molecule has 0 unspecified atom stereocenters. The molecule has 0 amide bonds. The van der Waals surface area contributed by atoms with Gasteiger partial charge < -0.3 is 24.1 Å². The number of rotatable bonds is 9. The molecule has 1 aromatic heterocycles. The Kier molecular flexibility index (Phi) is 8.29. The average Bonchev–Trinajstić information content (AvgIpc) is 3.07. The summed E-state index contributed by atoms with van der Waals surface area (Å²) < 4.78 is 18.1. The summed E-state index contributed by atoms with van der Waals surface area (Å²) in [4.78, 5) is 4.03. The van der Waals surface area contributed by atoms with Gasteiger partial charge in [-0.2, -0.15) is 0 Å². The number of nitrogens with zero attached hydrogens (tertiary/aromatic N) is 2. The van der Waals surface area contributed by atoms with E-state index in [1.54, 1.807) is 27.5 Å². The number of benzene rings is 1. The highest BCUT2D eigenvalue weighted by Crippen LogP contribution is 2.34. The van der Waals surface area contributed by atoms with Crippen molar-refractivity contribution in [3.8, 4) is 17.2 Å². The second-order valence-electron chi connectivity index (χ2n) is 4.85.